The highest BCUT2D eigenvalue weighted by Gasteiger charge is 2.37. The number of amides is 1. The van der Waals surface area contributed by atoms with Gasteiger partial charge in [0, 0.05) is 26.1 Å². The first-order valence-electron chi connectivity index (χ1n) is 8.53. The Morgan fingerprint density at radius 1 is 1.27 bits per heavy atom. The van der Waals surface area contributed by atoms with Gasteiger partial charge in [0.1, 0.15) is 5.82 Å². The Morgan fingerprint density at radius 2 is 2.14 bits per heavy atom. The molecule has 1 aliphatic carbocycles. The molecule has 1 aromatic rings. The van der Waals surface area contributed by atoms with E-state index in [1.54, 1.807) is 4.68 Å². The van der Waals surface area contributed by atoms with Crippen LogP contribution in [0.1, 0.15) is 56.1 Å². The monoisotopic (exact) mass is 304 g/mol. The largest absolute Gasteiger partial charge is 0.376 e. The number of likely N-dealkylation sites (tertiary alicyclic amines) is 1. The van der Waals surface area contributed by atoms with E-state index in [1.165, 1.54) is 12.8 Å². The smallest absolute Gasteiger partial charge is 0.230 e. The second-order valence-corrected chi connectivity index (χ2v) is 6.81. The first-order valence-corrected chi connectivity index (χ1v) is 8.53. The van der Waals surface area contributed by atoms with Gasteiger partial charge in [-0.3, -0.25) is 9.48 Å². The fraction of sp³-hybridized carbons (Fsp3) is 0.812. The van der Waals surface area contributed by atoms with E-state index in [2.05, 4.69) is 10.1 Å². The number of carbonyl (C=O) groups is 1. The summed E-state index contributed by atoms with van der Waals surface area (Å²) in [6.45, 7) is 1.70. The van der Waals surface area contributed by atoms with Crippen molar-refractivity contribution in [1.29, 1.82) is 0 Å². The second-order valence-electron chi connectivity index (χ2n) is 6.81. The Bertz CT molecular complexity index is 560. The van der Waals surface area contributed by atoms with E-state index in [4.69, 9.17) is 4.74 Å². The van der Waals surface area contributed by atoms with Crippen LogP contribution in [0.25, 0.3) is 0 Å². The van der Waals surface area contributed by atoms with Crippen molar-refractivity contribution in [3.05, 3.63) is 11.6 Å². The molecule has 0 spiro atoms. The van der Waals surface area contributed by atoms with Gasteiger partial charge < -0.3 is 9.64 Å². The number of nitrogens with zero attached hydrogens (tertiary/aromatic N) is 4. The topological polar surface area (TPSA) is 60.2 Å². The molecule has 22 heavy (non-hydrogen) atoms. The zero-order valence-electron chi connectivity index (χ0n) is 13.2. The number of hydrogen-bond donors (Lipinski definition) is 0. The summed E-state index contributed by atoms with van der Waals surface area (Å²) in [7, 11) is 1.89. The average Bonchev–Trinajstić information content (AvgIpc) is 2.93. The van der Waals surface area contributed by atoms with Gasteiger partial charge in [-0.1, -0.05) is 0 Å². The third-order valence-corrected chi connectivity index (χ3v) is 5.14. The summed E-state index contributed by atoms with van der Waals surface area (Å²) in [6, 6.07) is 0.270. The molecule has 2 unspecified atom stereocenters. The molecular weight excluding hydrogens is 280 g/mol. The van der Waals surface area contributed by atoms with Crippen LogP contribution in [0, 0.1) is 0 Å². The van der Waals surface area contributed by atoms with Crippen molar-refractivity contribution in [3.8, 4) is 0 Å². The quantitative estimate of drug-likeness (QED) is 0.844. The van der Waals surface area contributed by atoms with Gasteiger partial charge in [-0.15, -0.1) is 0 Å². The van der Waals surface area contributed by atoms with Gasteiger partial charge >= 0.3 is 0 Å². The van der Waals surface area contributed by atoms with Gasteiger partial charge in [0.15, 0.2) is 5.82 Å². The summed E-state index contributed by atoms with van der Waals surface area (Å²) in [6.07, 6.45) is 7.34. The van der Waals surface area contributed by atoms with Crippen LogP contribution in [0.3, 0.4) is 0 Å². The number of aryl methyl sites for hydroxylation is 1. The van der Waals surface area contributed by atoms with Crippen LogP contribution in [0.5, 0.6) is 0 Å². The minimum atomic E-state index is 0.177. The van der Waals surface area contributed by atoms with Gasteiger partial charge in [0.05, 0.1) is 18.6 Å². The van der Waals surface area contributed by atoms with E-state index in [9.17, 15) is 4.79 Å². The zero-order chi connectivity index (χ0) is 15.1. The SMILES string of the molecule is Cn1nc(C2CC2)nc1CC(=O)N1CCCC1C1CCCO1. The molecular formula is C16H24N4O2. The molecule has 1 saturated carbocycles. The molecule has 1 aromatic heterocycles. The highest BCUT2D eigenvalue weighted by Crippen LogP contribution is 2.38. The molecule has 4 rings (SSSR count). The van der Waals surface area contributed by atoms with Crippen molar-refractivity contribution in [2.45, 2.75) is 63.0 Å². The minimum absolute atomic E-state index is 0.177. The van der Waals surface area contributed by atoms with Gasteiger partial charge in [-0.25, -0.2) is 4.98 Å². The van der Waals surface area contributed by atoms with E-state index in [1.807, 2.05) is 11.9 Å². The number of rotatable bonds is 4. The van der Waals surface area contributed by atoms with Crippen LogP contribution >= 0.6 is 0 Å². The first kappa shape index (κ1) is 14.2. The third-order valence-electron chi connectivity index (χ3n) is 5.14. The van der Waals surface area contributed by atoms with Crippen LogP contribution in [0.15, 0.2) is 0 Å². The molecule has 120 valence electrons. The van der Waals surface area contributed by atoms with Crippen molar-refractivity contribution < 1.29 is 9.53 Å². The normalized spacial score (nSPS) is 28.5. The number of hydrogen-bond acceptors (Lipinski definition) is 4. The highest BCUT2D eigenvalue weighted by atomic mass is 16.5. The predicted octanol–water partition coefficient (Wildman–Crippen LogP) is 1.40. The molecule has 0 aromatic carbocycles. The predicted molar refractivity (Wildman–Crippen MR) is 80.4 cm³/mol. The summed E-state index contributed by atoms with van der Waals surface area (Å²) in [4.78, 5) is 19.3. The van der Waals surface area contributed by atoms with Crippen molar-refractivity contribution in [2.75, 3.05) is 13.2 Å². The molecule has 0 radical (unpaired) electrons. The van der Waals surface area contributed by atoms with Crippen LogP contribution in [0.2, 0.25) is 0 Å². The summed E-state index contributed by atoms with van der Waals surface area (Å²) < 4.78 is 7.59. The Kier molecular flexibility index (Phi) is 3.64. The summed E-state index contributed by atoms with van der Waals surface area (Å²) >= 11 is 0. The van der Waals surface area contributed by atoms with Crippen LogP contribution in [-0.2, 0) is 23.0 Å². The molecule has 3 aliphatic rings. The summed E-state index contributed by atoms with van der Waals surface area (Å²) in [5.41, 5.74) is 0. The maximum atomic E-state index is 12.7. The Balaban J connectivity index is 1.44. The van der Waals surface area contributed by atoms with E-state index in [0.717, 1.165) is 50.5 Å². The highest BCUT2D eigenvalue weighted by molar-refractivity contribution is 5.78. The minimum Gasteiger partial charge on any atom is -0.376 e. The van der Waals surface area contributed by atoms with Gasteiger partial charge in [-0.05, 0) is 38.5 Å². The number of carbonyl (C=O) groups excluding carboxylic acids is 1. The lowest BCUT2D eigenvalue weighted by Crippen LogP contribution is -2.43. The molecule has 3 heterocycles. The van der Waals surface area contributed by atoms with Crippen molar-refractivity contribution in [2.24, 2.45) is 7.05 Å². The van der Waals surface area contributed by atoms with Crippen LogP contribution in [-0.4, -0.2) is 50.9 Å². The van der Waals surface area contributed by atoms with Crippen LogP contribution in [0.4, 0.5) is 0 Å². The van der Waals surface area contributed by atoms with Crippen molar-refractivity contribution >= 4 is 5.91 Å². The molecule has 3 fully saturated rings. The first-order chi connectivity index (χ1) is 10.7. The molecule has 2 aliphatic heterocycles. The van der Waals surface area contributed by atoms with Gasteiger partial charge in [0.2, 0.25) is 5.91 Å². The standard InChI is InChI=1S/C16H24N4O2/c1-19-14(17-16(18-19)11-6-7-11)10-15(21)20-8-2-4-12(20)13-5-3-9-22-13/h11-13H,2-10H2,1H3. The Hall–Kier alpha value is -1.43. The lowest BCUT2D eigenvalue weighted by Gasteiger charge is -2.28. The fourth-order valence-electron chi connectivity index (χ4n) is 3.74. The Labute approximate surface area is 130 Å². The molecule has 1 amide bonds. The summed E-state index contributed by atoms with van der Waals surface area (Å²) in [5.74, 6) is 2.42. The fourth-order valence-corrected chi connectivity index (χ4v) is 3.74. The molecule has 2 atom stereocenters. The van der Waals surface area contributed by atoms with Crippen LogP contribution < -0.4 is 0 Å². The average molecular weight is 304 g/mol. The van der Waals surface area contributed by atoms with E-state index in [0.29, 0.717) is 12.3 Å². The third kappa shape index (κ3) is 2.64. The lowest BCUT2D eigenvalue weighted by atomic mass is 10.1. The van der Waals surface area contributed by atoms with Gasteiger partial charge in [0.25, 0.3) is 0 Å². The zero-order valence-corrected chi connectivity index (χ0v) is 13.2. The van der Waals surface area contributed by atoms with Crippen molar-refractivity contribution in [3.63, 3.8) is 0 Å². The summed E-state index contributed by atoms with van der Waals surface area (Å²) in [5, 5.41) is 4.46. The molecule has 0 N–H and O–H groups in total. The van der Waals surface area contributed by atoms with Crippen molar-refractivity contribution in [1.82, 2.24) is 19.7 Å². The van der Waals surface area contributed by atoms with E-state index < -0.39 is 0 Å². The number of aromatic nitrogens is 3. The Morgan fingerprint density at radius 3 is 2.86 bits per heavy atom. The maximum absolute atomic E-state index is 12.7. The van der Waals surface area contributed by atoms with Gasteiger partial charge in [-0.2, -0.15) is 5.10 Å². The molecule has 2 saturated heterocycles. The maximum Gasteiger partial charge on any atom is 0.230 e. The van der Waals surface area contributed by atoms with E-state index in [-0.39, 0.29) is 18.1 Å². The second kappa shape index (κ2) is 5.65. The number of ether oxygens (including phenoxy) is 1. The lowest BCUT2D eigenvalue weighted by molar-refractivity contribution is -0.133. The molecule has 6 nitrogen and oxygen atoms in total. The van der Waals surface area contributed by atoms with E-state index >= 15 is 0 Å². The molecule has 0 bridgehead atoms. The molecule has 6 heteroatoms.